The highest BCUT2D eigenvalue weighted by Crippen LogP contribution is 2.31. The summed E-state index contributed by atoms with van der Waals surface area (Å²) in [6.45, 7) is 1.49. The second-order valence-corrected chi connectivity index (χ2v) is 5.66. The molecule has 0 aliphatic carbocycles. The van der Waals surface area contributed by atoms with Crippen LogP contribution in [-0.4, -0.2) is 15.9 Å². The number of pyridine rings is 1. The van der Waals surface area contributed by atoms with Crippen LogP contribution in [0.5, 0.6) is 0 Å². The summed E-state index contributed by atoms with van der Waals surface area (Å²) in [6.07, 6.45) is 3.54. The maximum atomic E-state index is 11.1. The van der Waals surface area contributed by atoms with Gasteiger partial charge in [0.15, 0.2) is 5.13 Å². The summed E-state index contributed by atoms with van der Waals surface area (Å²) in [7, 11) is 0. The van der Waals surface area contributed by atoms with Crippen LogP contribution in [0.1, 0.15) is 6.92 Å². The number of carbonyl (C=O) groups is 1. The minimum Gasteiger partial charge on any atom is -0.326 e. The van der Waals surface area contributed by atoms with Crippen molar-refractivity contribution in [1.82, 2.24) is 9.97 Å². The molecule has 2 aromatic heterocycles. The van der Waals surface area contributed by atoms with E-state index in [1.165, 1.54) is 18.3 Å². The Hall–Kier alpha value is -2.73. The number of aromatic nitrogens is 2. The molecule has 3 aromatic rings. The van der Waals surface area contributed by atoms with Crippen molar-refractivity contribution in [3.8, 4) is 10.4 Å². The predicted octanol–water partition coefficient (Wildman–Crippen LogP) is 3.91. The molecule has 110 valence electrons. The molecule has 3 rings (SSSR count). The summed E-state index contributed by atoms with van der Waals surface area (Å²) < 4.78 is 0. The highest BCUT2D eigenvalue weighted by Gasteiger charge is 2.06. The Morgan fingerprint density at radius 1 is 1.14 bits per heavy atom. The van der Waals surface area contributed by atoms with Crippen LogP contribution >= 0.6 is 11.3 Å². The van der Waals surface area contributed by atoms with E-state index < -0.39 is 0 Å². The highest BCUT2D eigenvalue weighted by molar-refractivity contribution is 7.18. The Kier molecular flexibility index (Phi) is 4.11. The molecule has 2 heterocycles. The van der Waals surface area contributed by atoms with Crippen LogP contribution in [0, 0.1) is 0 Å². The van der Waals surface area contributed by atoms with Gasteiger partial charge in [0.2, 0.25) is 5.91 Å². The van der Waals surface area contributed by atoms with Crippen molar-refractivity contribution < 1.29 is 4.79 Å². The van der Waals surface area contributed by atoms with Crippen molar-refractivity contribution in [3.63, 3.8) is 0 Å². The molecule has 0 unspecified atom stereocenters. The molecule has 0 saturated heterocycles. The average Bonchev–Trinajstić information content (AvgIpc) is 2.96. The maximum absolute atomic E-state index is 11.1. The molecule has 1 aromatic carbocycles. The standard InChI is InChI=1S/C16H14N4OS/c1-11(21)19-13-6-4-5-12(9-13)14-10-18-16(22-14)20-15-7-2-3-8-17-15/h2-10H,1H3,(H,19,21)(H,17,18,20). The van der Waals surface area contributed by atoms with Crippen molar-refractivity contribution in [2.24, 2.45) is 0 Å². The number of carbonyl (C=O) groups excluding carboxylic acids is 1. The third-order valence-electron chi connectivity index (χ3n) is 2.87. The third kappa shape index (κ3) is 3.48. The predicted molar refractivity (Wildman–Crippen MR) is 89.4 cm³/mol. The van der Waals surface area contributed by atoms with Gasteiger partial charge in [-0.2, -0.15) is 0 Å². The molecular weight excluding hydrogens is 296 g/mol. The zero-order valence-corrected chi connectivity index (χ0v) is 12.7. The van der Waals surface area contributed by atoms with E-state index in [9.17, 15) is 4.79 Å². The lowest BCUT2D eigenvalue weighted by Crippen LogP contribution is -2.05. The highest BCUT2D eigenvalue weighted by atomic mass is 32.1. The number of hydrogen-bond acceptors (Lipinski definition) is 5. The van der Waals surface area contributed by atoms with Gasteiger partial charge in [-0.05, 0) is 29.8 Å². The smallest absolute Gasteiger partial charge is 0.221 e. The van der Waals surface area contributed by atoms with Gasteiger partial charge in [-0.1, -0.05) is 29.5 Å². The van der Waals surface area contributed by atoms with E-state index in [0.29, 0.717) is 0 Å². The average molecular weight is 310 g/mol. The van der Waals surface area contributed by atoms with Crippen LogP contribution in [-0.2, 0) is 4.79 Å². The van der Waals surface area contributed by atoms with Crippen molar-refractivity contribution in [2.75, 3.05) is 10.6 Å². The molecule has 0 radical (unpaired) electrons. The molecule has 1 amide bonds. The van der Waals surface area contributed by atoms with Gasteiger partial charge in [-0.25, -0.2) is 9.97 Å². The van der Waals surface area contributed by atoms with Gasteiger partial charge in [0.05, 0.1) is 4.88 Å². The van der Waals surface area contributed by atoms with Crippen LogP contribution in [0.15, 0.2) is 54.9 Å². The fourth-order valence-corrected chi connectivity index (χ4v) is 2.78. The van der Waals surface area contributed by atoms with Crippen LogP contribution < -0.4 is 10.6 Å². The number of nitrogens with zero attached hydrogens (tertiary/aromatic N) is 2. The van der Waals surface area contributed by atoms with Gasteiger partial charge in [0.25, 0.3) is 0 Å². The molecule has 0 spiro atoms. The van der Waals surface area contributed by atoms with Crippen LogP contribution in [0.2, 0.25) is 0 Å². The van der Waals surface area contributed by atoms with Crippen LogP contribution in [0.3, 0.4) is 0 Å². The van der Waals surface area contributed by atoms with E-state index in [-0.39, 0.29) is 5.91 Å². The van der Waals surface area contributed by atoms with E-state index in [1.54, 1.807) is 6.20 Å². The first-order valence-corrected chi connectivity index (χ1v) is 7.54. The zero-order chi connectivity index (χ0) is 15.4. The molecule has 0 aliphatic heterocycles. The van der Waals surface area contributed by atoms with Crippen molar-refractivity contribution in [1.29, 1.82) is 0 Å². The van der Waals surface area contributed by atoms with Crippen molar-refractivity contribution in [3.05, 3.63) is 54.9 Å². The quantitative estimate of drug-likeness (QED) is 0.767. The Bertz CT molecular complexity index is 786. The molecular formula is C16H14N4OS. The Balaban J connectivity index is 1.80. The van der Waals surface area contributed by atoms with Gasteiger partial charge < -0.3 is 10.6 Å². The molecule has 6 heteroatoms. The molecule has 0 saturated carbocycles. The SMILES string of the molecule is CC(=O)Nc1cccc(-c2cnc(Nc3ccccn3)s2)c1. The van der Waals surface area contributed by atoms with Gasteiger partial charge in [0, 0.05) is 25.0 Å². The Morgan fingerprint density at radius 3 is 2.82 bits per heavy atom. The Morgan fingerprint density at radius 2 is 2.05 bits per heavy atom. The zero-order valence-electron chi connectivity index (χ0n) is 11.9. The second kappa shape index (κ2) is 6.36. The summed E-state index contributed by atoms with van der Waals surface area (Å²) >= 11 is 1.53. The normalized spacial score (nSPS) is 10.2. The molecule has 0 bridgehead atoms. The van der Waals surface area contributed by atoms with Crippen LogP contribution in [0.4, 0.5) is 16.6 Å². The number of hydrogen-bond donors (Lipinski definition) is 2. The number of benzene rings is 1. The summed E-state index contributed by atoms with van der Waals surface area (Å²) in [5.74, 6) is 0.675. The lowest BCUT2D eigenvalue weighted by atomic mass is 10.2. The summed E-state index contributed by atoms with van der Waals surface area (Å²) in [5.41, 5.74) is 1.79. The lowest BCUT2D eigenvalue weighted by Gasteiger charge is -2.03. The number of rotatable bonds is 4. The topological polar surface area (TPSA) is 66.9 Å². The van der Waals surface area contributed by atoms with Gasteiger partial charge >= 0.3 is 0 Å². The summed E-state index contributed by atoms with van der Waals surface area (Å²) in [6, 6.07) is 13.4. The first-order chi connectivity index (χ1) is 10.7. The molecule has 2 N–H and O–H groups in total. The van der Waals surface area contributed by atoms with Crippen LogP contribution in [0.25, 0.3) is 10.4 Å². The number of thiazole rings is 1. The molecule has 0 aliphatic rings. The monoisotopic (exact) mass is 310 g/mol. The molecule has 5 nitrogen and oxygen atoms in total. The Labute approximate surface area is 132 Å². The first kappa shape index (κ1) is 14.2. The van der Waals surface area contributed by atoms with E-state index in [2.05, 4.69) is 20.6 Å². The van der Waals surface area contributed by atoms with E-state index in [4.69, 9.17) is 0 Å². The molecule has 0 atom stereocenters. The van der Waals surface area contributed by atoms with Crippen molar-refractivity contribution >= 4 is 33.9 Å². The maximum Gasteiger partial charge on any atom is 0.221 e. The molecule has 22 heavy (non-hydrogen) atoms. The summed E-state index contributed by atoms with van der Waals surface area (Å²) in [5, 5.41) is 6.73. The van der Waals surface area contributed by atoms with Gasteiger partial charge in [0.1, 0.15) is 5.82 Å². The fraction of sp³-hybridized carbons (Fsp3) is 0.0625. The second-order valence-electron chi connectivity index (χ2n) is 4.63. The minimum atomic E-state index is -0.0843. The van der Waals surface area contributed by atoms with Crippen molar-refractivity contribution in [2.45, 2.75) is 6.92 Å². The van der Waals surface area contributed by atoms with E-state index >= 15 is 0 Å². The lowest BCUT2D eigenvalue weighted by molar-refractivity contribution is -0.114. The minimum absolute atomic E-state index is 0.0843. The van der Waals surface area contributed by atoms with Gasteiger partial charge in [-0.3, -0.25) is 4.79 Å². The van der Waals surface area contributed by atoms with E-state index in [1.807, 2.05) is 48.7 Å². The number of nitrogens with one attached hydrogen (secondary N) is 2. The fourth-order valence-electron chi connectivity index (χ4n) is 1.97. The molecule has 0 fully saturated rings. The number of anilines is 3. The largest absolute Gasteiger partial charge is 0.326 e. The summed E-state index contributed by atoms with van der Waals surface area (Å²) in [4.78, 5) is 20.7. The third-order valence-corrected chi connectivity index (χ3v) is 3.83. The van der Waals surface area contributed by atoms with Gasteiger partial charge in [-0.15, -0.1) is 0 Å². The number of amides is 1. The first-order valence-electron chi connectivity index (χ1n) is 6.72. The van der Waals surface area contributed by atoms with E-state index in [0.717, 1.165) is 27.1 Å².